The van der Waals surface area contributed by atoms with Crippen LogP contribution in [0.4, 0.5) is 0 Å². The summed E-state index contributed by atoms with van der Waals surface area (Å²) in [6, 6.07) is 6.12. The van der Waals surface area contributed by atoms with Crippen molar-refractivity contribution in [1.29, 1.82) is 0 Å². The molecule has 1 saturated carbocycles. The van der Waals surface area contributed by atoms with Gasteiger partial charge in [-0.25, -0.2) is 0 Å². The number of alkyl halides is 1. The second kappa shape index (κ2) is 4.75. The van der Waals surface area contributed by atoms with Gasteiger partial charge < -0.3 is 4.74 Å². The molecule has 0 heterocycles. The molecule has 1 aromatic carbocycles. The van der Waals surface area contributed by atoms with Crippen LogP contribution < -0.4 is 4.74 Å². The Morgan fingerprint density at radius 2 is 2.27 bits per heavy atom. The average molecular weight is 290 g/mol. The summed E-state index contributed by atoms with van der Waals surface area (Å²) in [4.78, 5) is 0. The maximum Gasteiger partial charge on any atom is 0.133 e. The first-order chi connectivity index (χ1) is 7.22. The summed E-state index contributed by atoms with van der Waals surface area (Å²) < 4.78 is 6.45. The van der Waals surface area contributed by atoms with Crippen LogP contribution in [-0.4, -0.2) is 6.61 Å². The molecule has 0 amide bonds. The van der Waals surface area contributed by atoms with Gasteiger partial charge in [0.05, 0.1) is 16.5 Å². The van der Waals surface area contributed by atoms with Crippen LogP contribution >= 0.6 is 27.5 Å². The first-order valence-corrected chi connectivity index (χ1v) is 6.51. The highest BCUT2D eigenvalue weighted by Gasteiger charge is 2.30. The van der Waals surface area contributed by atoms with Gasteiger partial charge in [-0.2, -0.15) is 0 Å². The van der Waals surface area contributed by atoms with Crippen molar-refractivity contribution >= 4 is 27.5 Å². The molecule has 0 N–H and O–H groups in total. The minimum atomic E-state index is 0.164. The second-order valence-electron chi connectivity index (χ2n) is 3.86. The van der Waals surface area contributed by atoms with E-state index < -0.39 is 0 Å². The van der Waals surface area contributed by atoms with Crippen molar-refractivity contribution < 1.29 is 4.74 Å². The van der Waals surface area contributed by atoms with E-state index in [1.54, 1.807) is 0 Å². The Kier molecular flexibility index (Phi) is 3.57. The standard InChI is InChI=1S/C12H14BrClO/c1-2-15-11-6-5-9(7-10(11)13)12(14)8-3-4-8/h5-8,12H,2-4H2,1H3. The van der Waals surface area contributed by atoms with Gasteiger partial charge in [-0.3, -0.25) is 0 Å². The Hall–Kier alpha value is -0.210. The van der Waals surface area contributed by atoms with Crippen LogP contribution in [0.3, 0.4) is 0 Å². The first-order valence-electron chi connectivity index (χ1n) is 5.28. The molecule has 1 aliphatic carbocycles. The fourth-order valence-corrected chi connectivity index (χ4v) is 2.52. The summed E-state index contributed by atoms with van der Waals surface area (Å²) in [5.41, 5.74) is 1.19. The van der Waals surface area contributed by atoms with Crippen molar-refractivity contribution in [2.24, 2.45) is 5.92 Å². The van der Waals surface area contributed by atoms with Crippen molar-refractivity contribution in [3.05, 3.63) is 28.2 Å². The minimum absolute atomic E-state index is 0.164. The molecule has 0 bridgehead atoms. The largest absolute Gasteiger partial charge is 0.493 e. The summed E-state index contributed by atoms with van der Waals surface area (Å²) in [6.07, 6.45) is 2.53. The number of ether oxygens (including phenoxy) is 1. The molecule has 0 aliphatic heterocycles. The van der Waals surface area contributed by atoms with Gasteiger partial charge in [0.1, 0.15) is 5.75 Å². The Morgan fingerprint density at radius 3 is 2.80 bits per heavy atom. The van der Waals surface area contributed by atoms with E-state index in [4.69, 9.17) is 16.3 Å². The maximum atomic E-state index is 6.34. The molecule has 82 valence electrons. The molecule has 15 heavy (non-hydrogen) atoms. The Labute approximate surface area is 104 Å². The molecule has 1 atom stereocenters. The molecule has 0 radical (unpaired) electrons. The van der Waals surface area contributed by atoms with Gasteiger partial charge in [0.15, 0.2) is 0 Å². The van der Waals surface area contributed by atoms with Gasteiger partial charge in [0, 0.05) is 0 Å². The third-order valence-corrected chi connectivity index (χ3v) is 3.84. The summed E-state index contributed by atoms with van der Waals surface area (Å²) in [5.74, 6) is 1.57. The Morgan fingerprint density at radius 1 is 1.53 bits per heavy atom. The number of halogens is 2. The van der Waals surface area contributed by atoms with Crippen LogP contribution in [0.2, 0.25) is 0 Å². The maximum absolute atomic E-state index is 6.34. The van der Waals surface area contributed by atoms with Crippen LogP contribution in [0.5, 0.6) is 5.75 Å². The molecule has 0 saturated heterocycles. The monoisotopic (exact) mass is 288 g/mol. The summed E-state index contributed by atoms with van der Waals surface area (Å²) >= 11 is 9.85. The molecule has 1 fully saturated rings. The second-order valence-corrected chi connectivity index (χ2v) is 5.19. The van der Waals surface area contributed by atoms with Gasteiger partial charge in [-0.05, 0) is 59.3 Å². The minimum Gasteiger partial charge on any atom is -0.493 e. The van der Waals surface area contributed by atoms with Crippen LogP contribution in [0, 0.1) is 5.92 Å². The molecule has 1 aromatic rings. The van der Waals surface area contributed by atoms with Gasteiger partial charge >= 0.3 is 0 Å². The van der Waals surface area contributed by atoms with Crippen LogP contribution in [-0.2, 0) is 0 Å². The molecule has 3 heteroatoms. The van der Waals surface area contributed by atoms with Crippen molar-refractivity contribution in [2.75, 3.05) is 6.61 Å². The van der Waals surface area contributed by atoms with Crippen molar-refractivity contribution in [1.82, 2.24) is 0 Å². The highest BCUT2D eigenvalue weighted by molar-refractivity contribution is 9.10. The molecule has 0 spiro atoms. The quantitative estimate of drug-likeness (QED) is 0.740. The SMILES string of the molecule is CCOc1ccc(C(Cl)C2CC2)cc1Br. The van der Waals surface area contributed by atoms with Crippen molar-refractivity contribution in [2.45, 2.75) is 25.1 Å². The highest BCUT2D eigenvalue weighted by Crippen LogP contribution is 2.46. The summed E-state index contributed by atoms with van der Waals surface area (Å²) in [5, 5.41) is 0.164. The highest BCUT2D eigenvalue weighted by atomic mass is 79.9. The lowest BCUT2D eigenvalue weighted by Crippen LogP contribution is -1.96. The van der Waals surface area contributed by atoms with Gasteiger partial charge in [-0.15, -0.1) is 11.6 Å². The fourth-order valence-electron chi connectivity index (χ4n) is 1.62. The van der Waals surface area contributed by atoms with E-state index in [0.717, 1.165) is 10.2 Å². The predicted molar refractivity (Wildman–Crippen MR) is 66.6 cm³/mol. The molecule has 0 aromatic heterocycles. The Balaban J connectivity index is 2.16. The molecular weight excluding hydrogens is 275 g/mol. The van der Waals surface area contributed by atoms with E-state index in [0.29, 0.717) is 12.5 Å². The van der Waals surface area contributed by atoms with E-state index >= 15 is 0 Å². The topological polar surface area (TPSA) is 9.23 Å². The summed E-state index contributed by atoms with van der Waals surface area (Å²) in [6.45, 7) is 2.67. The lowest BCUT2D eigenvalue weighted by molar-refractivity contribution is 0.338. The Bertz CT molecular complexity index is 349. The number of hydrogen-bond donors (Lipinski definition) is 0. The van der Waals surface area contributed by atoms with E-state index in [2.05, 4.69) is 28.1 Å². The van der Waals surface area contributed by atoms with Gasteiger partial charge in [0.25, 0.3) is 0 Å². The number of hydrogen-bond acceptors (Lipinski definition) is 1. The predicted octanol–water partition coefficient (Wildman–Crippen LogP) is 4.54. The normalized spacial score (nSPS) is 17.5. The van der Waals surface area contributed by atoms with E-state index in [1.807, 2.05) is 13.0 Å². The third-order valence-electron chi connectivity index (χ3n) is 2.61. The fraction of sp³-hybridized carbons (Fsp3) is 0.500. The van der Waals surface area contributed by atoms with E-state index in [1.165, 1.54) is 18.4 Å². The number of benzene rings is 1. The molecule has 2 rings (SSSR count). The molecular formula is C12H14BrClO. The molecule has 1 nitrogen and oxygen atoms in total. The van der Waals surface area contributed by atoms with Crippen LogP contribution in [0.15, 0.2) is 22.7 Å². The van der Waals surface area contributed by atoms with Gasteiger partial charge in [-0.1, -0.05) is 6.07 Å². The van der Waals surface area contributed by atoms with E-state index in [-0.39, 0.29) is 5.38 Å². The zero-order valence-electron chi connectivity index (χ0n) is 8.67. The van der Waals surface area contributed by atoms with Crippen molar-refractivity contribution in [3.8, 4) is 5.75 Å². The van der Waals surface area contributed by atoms with Crippen LogP contribution in [0.1, 0.15) is 30.7 Å². The van der Waals surface area contributed by atoms with E-state index in [9.17, 15) is 0 Å². The van der Waals surface area contributed by atoms with Gasteiger partial charge in [0.2, 0.25) is 0 Å². The molecule has 1 unspecified atom stereocenters. The zero-order valence-corrected chi connectivity index (χ0v) is 11.0. The number of rotatable bonds is 4. The van der Waals surface area contributed by atoms with Crippen LogP contribution in [0.25, 0.3) is 0 Å². The first kappa shape index (κ1) is 11.3. The average Bonchev–Trinajstić information content (AvgIpc) is 3.04. The zero-order chi connectivity index (χ0) is 10.8. The smallest absolute Gasteiger partial charge is 0.133 e. The molecule has 1 aliphatic rings. The summed E-state index contributed by atoms with van der Waals surface area (Å²) in [7, 11) is 0. The lowest BCUT2D eigenvalue weighted by Gasteiger charge is -2.11. The third kappa shape index (κ3) is 2.67. The lowest BCUT2D eigenvalue weighted by atomic mass is 10.1. The van der Waals surface area contributed by atoms with Crippen molar-refractivity contribution in [3.63, 3.8) is 0 Å².